The lowest BCUT2D eigenvalue weighted by Gasteiger charge is -2.35. The summed E-state index contributed by atoms with van der Waals surface area (Å²) in [6.07, 6.45) is 3.31. The summed E-state index contributed by atoms with van der Waals surface area (Å²) in [4.78, 5) is 39.8. The maximum Gasteiger partial charge on any atom is 0.335 e. The zero-order chi connectivity index (χ0) is 28.6. The van der Waals surface area contributed by atoms with E-state index < -0.39 is 17.6 Å². The van der Waals surface area contributed by atoms with Crippen LogP contribution >= 0.6 is 11.6 Å². The third-order valence-corrected chi connectivity index (χ3v) is 7.91. The Morgan fingerprint density at radius 3 is 2.62 bits per heavy atom. The van der Waals surface area contributed by atoms with Crippen LogP contribution in [0.25, 0.3) is 16.7 Å². The minimum Gasteiger partial charge on any atom is -0.478 e. The van der Waals surface area contributed by atoms with E-state index >= 15 is 0 Å². The Balaban J connectivity index is 1.56. The van der Waals surface area contributed by atoms with Gasteiger partial charge < -0.3 is 15.3 Å². The van der Waals surface area contributed by atoms with E-state index in [0.29, 0.717) is 36.1 Å². The number of carboxylic acids is 1. The zero-order valence-corrected chi connectivity index (χ0v) is 22.5. The predicted molar refractivity (Wildman–Crippen MR) is 149 cm³/mol. The molecule has 0 aliphatic carbocycles. The summed E-state index contributed by atoms with van der Waals surface area (Å²) in [5.74, 6) is -3.62. The molecule has 2 aliphatic heterocycles. The maximum absolute atomic E-state index is 14.7. The first-order valence-corrected chi connectivity index (χ1v) is 13.5. The van der Waals surface area contributed by atoms with E-state index in [0.717, 1.165) is 17.7 Å². The number of nitrogens with one attached hydrogen (secondary N) is 1. The Morgan fingerprint density at radius 2 is 1.88 bits per heavy atom. The molecule has 2 heterocycles. The number of amides is 2. The van der Waals surface area contributed by atoms with E-state index in [2.05, 4.69) is 5.32 Å². The molecule has 5 rings (SSSR count). The fourth-order valence-electron chi connectivity index (χ4n) is 5.43. The van der Waals surface area contributed by atoms with Crippen molar-refractivity contribution in [1.82, 2.24) is 4.90 Å². The number of halogens is 3. The molecular weight excluding hydrogens is 538 g/mol. The van der Waals surface area contributed by atoms with Gasteiger partial charge >= 0.3 is 5.97 Å². The molecule has 40 heavy (non-hydrogen) atoms. The van der Waals surface area contributed by atoms with Gasteiger partial charge in [-0.05, 0) is 72.4 Å². The highest BCUT2D eigenvalue weighted by molar-refractivity contribution is 6.31. The van der Waals surface area contributed by atoms with Crippen LogP contribution < -0.4 is 5.32 Å². The molecule has 2 aliphatic rings. The monoisotopic (exact) mass is 564 g/mol. The number of benzene rings is 3. The molecule has 6 nitrogen and oxygen atoms in total. The second-order valence-electron chi connectivity index (χ2n) is 10.2. The number of anilines is 1. The summed E-state index contributed by atoms with van der Waals surface area (Å²) in [6.45, 7) is 2.07. The lowest BCUT2D eigenvalue weighted by Crippen LogP contribution is -2.37. The van der Waals surface area contributed by atoms with Crippen LogP contribution in [0.3, 0.4) is 0 Å². The van der Waals surface area contributed by atoms with E-state index in [4.69, 9.17) is 11.6 Å². The lowest BCUT2D eigenvalue weighted by atomic mass is 9.90. The first-order chi connectivity index (χ1) is 19.1. The SMILES string of the molecule is C[C@@H]1CCC[C@@H](N2CCC(c3c(F)ccc(Cl)c3F)=CC2=O)c2cccc(c2)-c2cc(C(=O)O)ccc2NC1=O. The van der Waals surface area contributed by atoms with E-state index in [1.807, 2.05) is 31.2 Å². The van der Waals surface area contributed by atoms with Crippen LogP contribution in [0.4, 0.5) is 14.5 Å². The van der Waals surface area contributed by atoms with Gasteiger partial charge in [0.2, 0.25) is 11.8 Å². The number of hydrogen-bond donors (Lipinski definition) is 2. The van der Waals surface area contributed by atoms with Crippen molar-refractivity contribution in [3.63, 3.8) is 0 Å². The minimum atomic E-state index is -1.09. The van der Waals surface area contributed by atoms with Gasteiger partial charge in [0.05, 0.1) is 22.2 Å². The first-order valence-electron chi connectivity index (χ1n) is 13.1. The Hall–Kier alpha value is -4.04. The quantitative estimate of drug-likeness (QED) is 0.332. The summed E-state index contributed by atoms with van der Waals surface area (Å²) < 4.78 is 29.2. The Bertz CT molecular complexity index is 1550. The average molecular weight is 565 g/mol. The van der Waals surface area contributed by atoms with E-state index in [-0.39, 0.29) is 58.5 Å². The Kier molecular flexibility index (Phi) is 7.72. The fourth-order valence-corrected chi connectivity index (χ4v) is 5.59. The van der Waals surface area contributed by atoms with Gasteiger partial charge in [-0.25, -0.2) is 13.6 Å². The topological polar surface area (TPSA) is 86.7 Å². The molecule has 0 spiro atoms. The summed E-state index contributed by atoms with van der Waals surface area (Å²) >= 11 is 5.88. The molecule has 0 saturated heterocycles. The molecule has 2 atom stereocenters. The summed E-state index contributed by atoms with van der Waals surface area (Å²) in [7, 11) is 0. The minimum absolute atomic E-state index is 0.0828. The molecule has 0 aromatic heterocycles. The maximum atomic E-state index is 14.7. The molecule has 0 fully saturated rings. The molecular formula is C31H27ClF2N2O4. The number of nitrogens with zero attached hydrogens (tertiary/aromatic N) is 1. The standard InChI is InChI=1S/C31H27ClF2N2O4/c1-17-4-2-7-26(36-13-12-20(16-27(36)37)28-24(33)10-9-23(32)29(28)34)19-6-3-5-18(14-19)22-15-21(31(39)40)8-11-25(22)35-30(17)38/h3,5-6,8-11,14-17,26H,2,4,7,12-13H2,1H3,(H,35,38)(H,39,40)/t17-,26-/m1/s1. The summed E-state index contributed by atoms with van der Waals surface area (Å²) in [5, 5.41) is 12.3. The number of carboxylic acid groups (broad SMARTS) is 1. The highest BCUT2D eigenvalue weighted by atomic mass is 35.5. The molecule has 2 bridgehead atoms. The summed E-state index contributed by atoms with van der Waals surface area (Å²) in [5.41, 5.74) is 2.64. The van der Waals surface area contributed by atoms with Crippen LogP contribution in [0.15, 0.2) is 60.7 Å². The van der Waals surface area contributed by atoms with Crippen LogP contribution in [0.2, 0.25) is 5.02 Å². The molecule has 9 heteroatoms. The molecule has 2 amide bonds. The van der Waals surface area contributed by atoms with Crippen molar-refractivity contribution in [2.24, 2.45) is 5.92 Å². The van der Waals surface area contributed by atoms with Gasteiger partial charge in [-0.2, -0.15) is 0 Å². The molecule has 0 saturated carbocycles. The number of rotatable bonds is 3. The zero-order valence-electron chi connectivity index (χ0n) is 21.7. The van der Waals surface area contributed by atoms with Crippen molar-refractivity contribution < 1.29 is 28.3 Å². The van der Waals surface area contributed by atoms with Gasteiger partial charge in [-0.1, -0.05) is 43.1 Å². The predicted octanol–water partition coefficient (Wildman–Crippen LogP) is 7.10. The normalized spacial score (nSPS) is 19.6. The van der Waals surface area contributed by atoms with Crippen molar-refractivity contribution >= 4 is 40.6 Å². The van der Waals surface area contributed by atoms with Gasteiger partial charge in [0.1, 0.15) is 5.82 Å². The van der Waals surface area contributed by atoms with Crippen LogP contribution in [0, 0.1) is 17.6 Å². The van der Waals surface area contributed by atoms with Crippen LogP contribution in [0.1, 0.15) is 60.1 Å². The number of hydrogen-bond acceptors (Lipinski definition) is 3. The number of carbonyl (C=O) groups is 3. The van der Waals surface area contributed by atoms with E-state index in [1.54, 1.807) is 11.0 Å². The van der Waals surface area contributed by atoms with Crippen molar-refractivity contribution in [3.05, 3.63) is 94.0 Å². The van der Waals surface area contributed by atoms with Crippen LogP contribution in [-0.2, 0) is 9.59 Å². The molecule has 0 radical (unpaired) electrons. The van der Waals surface area contributed by atoms with Crippen molar-refractivity contribution in [2.45, 2.75) is 38.6 Å². The van der Waals surface area contributed by atoms with Crippen molar-refractivity contribution in [3.8, 4) is 11.1 Å². The third kappa shape index (κ3) is 5.36. The highest BCUT2D eigenvalue weighted by Crippen LogP contribution is 2.38. The van der Waals surface area contributed by atoms with Crippen molar-refractivity contribution in [1.29, 1.82) is 0 Å². The van der Waals surface area contributed by atoms with Gasteiger partial charge in [0.25, 0.3) is 0 Å². The van der Waals surface area contributed by atoms with Gasteiger partial charge in [0, 0.05) is 29.8 Å². The number of fused-ring (bicyclic) bond motifs is 4. The lowest BCUT2D eigenvalue weighted by molar-refractivity contribution is -0.129. The second kappa shape index (κ2) is 11.2. The fraction of sp³-hybridized carbons (Fsp3) is 0.258. The van der Waals surface area contributed by atoms with Gasteiger partial charge in [-0.15, -0.1) is 0 Å². The van der Waals surface area contributed by atoms with Gasteiger partial charge in [0.15, 0.2) is 5.82 Å². The van der Waals surface area contributed by atoms with Crippen molar-refractivity contribution in [2.75, 3.05) is 11.9 Å². The Labute approximate surface area is 235 Å². The second-order valence-corrected chi connectivity index (χ2v) is 10.6. The van der Waals surface area contributed by atoms with Gasteiger partial charge in [-0.3, -0.25) is 9.59 Å². The summed E-state index contributed by atoms with van der Waals surface area (Å²) in [6, 6.07) is 13.9. The van der Waals surface area contributed by atoms with E-state index in [9.17, 15) is 28.3 Å². The molecule has 0 unspecified atom stereocenters. The largest absolute Gasteiger partial charge is 0.478 e. The average Bonchev–Trinajstić information content (AvgIpc) is 2.93. The first kappa shape index (κ1) is 27.5. The smallest absolute Gasteiger partial charge is 0.335 e. The molecule has 2 N–H and O–H groups in total. The van der Waals surface area contributed by atoms with Crippen LogP contribution in [0.5, 0.6) is 0 Å². The highest BCUT2D eigenvalue weighted by Gasteiger charge is 2.30. The third-order valence-electron chi connectivity index (χ3n) is 7.61. The molecule has 3 aromatic rings. The molecule has 3 aromatic carbocycles. The number of carbonyl (C=O) groups excluding carboxylic acids is 2. The van der Waals surface area contributed by atoms with E-state index in [1.165, 1.54) is 18.2 Å². The molecule has 206 valence electrons. The number of aromatic carboxylic acids is 1. The van der Waals surface area contributed by atoms with Crippen LogP contribution in [-0.4, -0.2) is 34.3 Å². The Morgan fingerprint density at radius 1 is 1.07 bits per heavy atom.